The average Bonchev–Trinajstić information content (AvgIpc) is 3.15. The van der Waals surface area contributed by atoms with Crippen LogP contribution in [0.3, 0.4) is 0 Å². The molecule has 5 heteroatoms. The van der Waals surface area contributed by atoms with Gasteiger partial charge < -0.3 is 19.5 Å². The molecule has 0 aliphatic rings. The van der Waals surface area contributed by atoms with Crippen LogP contribution < -0.4 is 0 Å². The molecule has 1 aromatic heterocycles. The van der Waals surface area contributed by atoms with E-state index in [-0.39, 0.29) is 17.3 Å². The van der Waals surface area contributed by atoms with Crippen LogP contribution in [0.25, 0.3) is 16.5 Å². The Bertz CT molecular complexity index is 1300. The monoisotopic (exact) mass is 413 g/mol. The highest BCUT2D eigenvalue weighted by Crippen LogP contribution is 2.41. The minimum absolute atomic E-state index is 0.00361. The van der Waals surface area contributed by atoms with Crippen molar-refractivity contribution in [2.24, 2.45) is 0 Å². The number of benzene rings is 3. The molecule has 1 heterocycles. The first kappa shape index (κ1) is 20.3. The normalized spacial score (nSPS) is 12.0. The first-order chi connectivity index (χ1) is 14.9. The Hall–Kier alpha value is -3.99. The molecule has 31 heavy (non-hydrogen) atoms. The lowest BCUT2D eigenvalue weighted by Crippen LogP contribution is -2.12. The Kier molecular flexibility index (Phi) is 5.26. The van der Waals surface area contributed by atoms with Crippen LogP contribution in [0.5, 0.6) is 11.5 Å². The van der Waals surface area contributed by atoms with Crippen LogP contribution in [0.2, 0.25) is 0 Å². The summed E-state index contributed by atoms with van der Waals surface area (Å²) in [5, 5.41) is 21.4. The third kappa shape index (κ3) is 3.66. The van der Waals surface area contributed by atoms with E-state index in [1.165, 1.54) is 18.2 Å². The van der Waals surface area contributed by atoms with E-state index in [1.807, 2.05) is 68.4 Å². The Morgan fingerprint density at radius 3 is 2.29 bits per heavy atom. The molecule has 0 aliphatic carbocycles. The minimum Gasteiger partial charge on any atom is -0.508 e. The van der Waals surface area contributed by atoms with Crippen molar-refractivity contribution >= 4 is 22.3 Å². The number of hydrogen-bond acceptors (Lipinski definition) is 5. The van der Waals surface area contributed by atoms with Gasteiger partial charge in [0.25, 0.3) is 0 Å². The van der Waals surface area contributed by atoms with Gasteiger partial charge in [-0.05, 0) is 31.2 Å². The number of hydrogen-bond donors (Lipinski definition) is 2. The second kappa shape index (κ2) is 8.03. The Labute approximate surface area is 180 Å². The SMILES string of the molecule is C/C(=C(/c1cc(O)ccc1O)c1oc2ccccc2c1C(=O)c1ccccc1)N(C)C. The number of phenols is 2. The molecule has 4 aromatic rings. The summed E-state index contributed by atoms with van der Waals surface area (Å²) in [6, 6.07) is 20.7. The number of phenolic OH excluding ortho intramolecular Hbond substituents is 2. The van der Waals surface area contributed by atoms with Crippen molar-refractivity contribution in [1.29, 1.82) is 0 Å². The number of rotatable bonds is 5. The minimum atomic E-state index is -0.177. The Balaban J connectivity index is 2.08. The smallest absolute Gasteiger partial charge is 0.197 e. The van der Waals surface area contributed by atoms with E-state index in [0.717, 1.165) is 5.70 Å². The predicted octanol–water partition coefficient (Wildman–Crippen LogP) is 5.42. The summed E-state index contributed by atoms with van der Waals surface area (Å²) in [4.78, 5) is 15.5. The van der Waals surface area contributed by atoms with Crippen LogP contribution in [0.15, 0.2) is 82.9 Å². The molecule has 4 rings (SSSR count). The topological polar surface area (TPSA) is 73.9 Å². The molecule has 0 aliphatic heterocycles. The number of nitrogens with zero attached hydrogens (tertiary/aromatic N) is 1. The summed E-state index contributed by atoms with van der Waals surface area (Å²) in [5.41, 5.74) is 3.21. The van der Waals surface area contributed by atoms with Gasteiger partial charge in [0.05, 0.1) is 5.56 Å². The third-order valence-electron chi connectivity index (χ3n) is 5.37. The lowest BCUT2D eigenvalue weighted by molar-refractivity contribution is 0.103. The first-order valence-electron chi connectivity index (χ1n) is 9.90. The number of carbonyl (C=O) groups is 1. The van der Waals surface area contributed by atoms with Crippen molar-refractivity contribution in [1.82, 2.24) is 4.90 Å². The van der Waals surface area contributed by atoms with E-state index in [4.69, 9.17) is 4.42 Å². The average molecular weight is 413 g/mol. The molecule has 2 N–H and O–H groups in total. The molecule has 0 amide bonds. The summed E-state index contributed by atoms with van der Waals surface area (Å²) in [7, 11) is 3.74. The van der Waals surface area contributed by atoms with Crippen molar-refractivity contribution in [3.63, 3.8) is 0 Å². The Morgan fingerprint density at radius 1 is 0.903 bits per heavy atom. The van der Waals surface area contributed by atoms with Gasteiger partial charge in [0.1, 0.15) is 22.8 Å². The number of furan rings is 1. The van der Waals surface area contributed by atoms with Gasteiger partial charge in [-0.15, -0.1) is 0 Å². The largest absolute Gasteiger partial charge is 0.508 e. The molecule has 156 valence electrons. The van der Waals surface area contributed by atoms with Crippen molar-refractivity contribution < 1.29 is 19.4 Å². The highest BCUT2D eigenvalue weighted by Gasteiger charge is 2.28. The molecule has 0 spiro atoms. The standard InChI is InChI=1S/C26H23NO4/c1-16(27(2)3)23(20-15-18(28)13-14-21(20)29)26-24(19-11-7-8-12-22(19)31-26)25(30)17-9-5-4-6-10-17/h4-15,28-29H,1-3H3/b23-16+. The van der Waals surface area contributed by atoms with E-state index in [1.54, 1.807) is 12.1 Å². The Morgan fingerprint density at radius 2 is 1.58 bits per heavy atom. The molecule has 0 unspecified atom stereocenters. The summed E-state index contributed by atoms with van der Waals surface area (Å²) < 4.78 is 6.23. The van der Waals surface area contributed by atoms with Crippen molar-refractivity contribution in [2.75, 3.05) is 14.1 Å². The van der Waals surface area contributed by atoms with E-state index in [0.29, 0.717) is 39.0 Å². The number of ketones is 1. The number of carbonyl (C=O) groups excluding carboxylic acids is 1. The summed E-state index contributed by atoms with van der Waals surface area (Å²) >= 11 is 0. The molecular formula is C26H23NO4. The molecular weight excluding hydrogens is 390 g/mol. The van der Waals surface area contributed by atoms with Crippen molar-refractivity contribution in [3.8, 4) is 11.5 Å². The van der Waals surface area contributed by atoms with Gasteiger partial charge in [-0.25, -0.2) is 0 Å². The van der Waals surface area contributed by atoms with E-state index >= 15 is 0 Å². The van der Waals surface area contributed by atoms with Gasteiger partial charge in [0, 0.05) is 41.9 Å². The number of aromatic hydroxyl groups is 2. The predicted molar refractivity (Wildman–Crippen MR) is 121 cm³/mol. The molecule has 0 fully saturated rings. The zero-order chi connectivity index (χ0) is 22.1. The molecule has 0 saturated heterocycles. The van der Waals surface area contributed by atoms with Gasteiger partial charge in [-0.1, -0.05) is 48.5 Å². The maximum absolute atomic E-state index is 13.6. The molecule has 3 aromatic carbocycles. The fourth-order valence-electron chi connectivity index (χ4n) is 3.61. The summed E-state index contributed by atoms with van der Waals surface area (Å²) in [6.07, 6.45) is 0. The zero-order valence-corrected chi connectivity index (χ0v) is 17.6. The molecule has 0 saturated carbocycles. The lowest BCUT2D eigenvalue weighted by atomic mass is 9.92. The molecule has 5 nitrogen and oxygen atoms in total. The highest BCUT2D eigenvalue weighted by atomic mass is 16.3. The van der Waals surface area contributed by atoms with Gasteiger partial charge >= 0.3 is 0 Å². The number of allylic oxidation sites excluding steroid dienone is 1. The first-order valence-corrected chi connectivity index (χ1v) is 9.90. The van der Waals surface area contributed by atoms with Gasteiger partial charge in [-0.2, -0.15) is 0 Å². The van der Waals surface area contributed by atoms with E-state index in [9.17, 15) is 15.0 Å². The second-order valence-electron chi connectivity index (χ2n) is 7.55. The van der Waals surface area contributed by atoms with Crippen molar-refractivity contribution in [2.45, 2.75) is 6.92 Å². The van der Waals surface area contributed by atoms with Gasteiger partial charge in [0.15, 0.2) is 5.78 Å². The fourth-order valence-corrected chi connectivity index (χ4v) is 3.61. The molecule has 0 radical (unpaired) electrons. The highest BCUT2D eigenvalue weighted by molar-refractivity contribution is 6.19. The summed E-state index contributed by atoms with van der Waals surface area (Å²) in [6.45, 7) is 1.88. The zero-order valence-electron chi connectivity index (χ0n) is 17.6. The third-order valence-corrected chi connectivity index (χ3v) is 5.37. The van der Waals surface area contributed by atoms with Gasteiger partial charge in [-0.3, -0.25) is 4.79 Å². The van der Waals surface area contributed by atoms with Crippen LogP contribution in [0, 0.1) is 0 Å². The second-order valence-corrected chi connectivity index (χ2v) is 7.55. The van der Waals surface area contributed by atoms with E-state index in [2.05, 4.69) is 0 Å². The summed E-state index contributed by atoms with van der Waals surface area (Å²) in [5.74, 6) is 0.155. The van der Waals surface area contributed by atoms with Crippen LogP contribution in [0.4, 0.5) is 0 Å². The maximum atomic E-state index is 13.6. The number of para-hydroxylation sites is 1. The van der Waals surface area contributed by atoms with Crippen LogP contribution in [0.1, 0.15) is 34.2 Å². The van der Waals surface area contributed by atoms with Crippen LogP contribution in [-0.2, 0) is 0 Å². The van der Waals surface area contributed by atoms with Crippen LogP contribution in [-0.4, -0.2) is 35.0 Å². The van der Waals surface area contributed by atoms with Crippen LogP contribution >= 0.6 is 0 Å². The van der Waals surface area contributed by atoms with Crippen molar-refractivity contribution in [3.05, 3.63) is 101 Å². The quantitative estimate of drug-likeness (QED) is 0.338. The molecule has 0 bridgehead atoms. The maximum Gasteiger partial charge on any atom is 0.197 e. The van der Waals surface area contributed by atoms with E-state index < -0.39 is 0 Å². The fraction of sp³-hybridized carbons (Fsp3) is 0.115. The molecule has 0 atom stereocenters. The van der Waals surface area contributed by atoms with Gasteiger partial charge in [0.2, 0.25) is 0 Å². The number of fused-ring (bicyclic) bond motifs is 1. The lowest BCUT2D eigenvalue weighted by Gasteiger charge is -2.20.